The molecule has 1 aliphatic rings. The second-order valence-corrected chi connectivity index (χ2v) is 4.56. The molecule has 2 unspecified atom stereocenters. The van der Waals surface area contributed by atoms with Gasteiger partial charge >= 0.3 is 0 Å². The molecule has 0 saturated carbocycles. The Balaban J connectivity index is 2.62. The number of rotatable bonds is 5. The van der Waals surface area contributed by atoms with Crippen LogP contribution in [0.4, 0.5) is 0 Å². The third-order valence-corrected chi connectivity index (χ3v) is 3.17. The Hall–Kier alpha value is -0.160. The van der Waals surface area contributed by atoms with Gasteiger partial charge in [-0.1, -0.05) is 13.8 Å². The van der Waals surface area contributed by atoms with Crippen LogP contribution < -0.4 is 5.73 Å². The summed E-state index contributed by atoms with van der Waals surface area (Å²) in [5, 5.41) is 9.34. The molecule has 1 fully saturated rings. The summed E-state index contributed by atoms with van der Waals surface area (Å²) < 4.78 is 5.34. The summed E-state index contributed by atoms with van der Waals surface area (Å²) in [6.45, 7) is 8.63. The molecule has 0 aromatic rings. The minimum atomic E-state index is 0.177. The second kappa shape index (κ2) is 6.43. The third kappa shape index (κ3) is 3.41. The lowest BCUT2D eigenvalue weighted by Crippen LogP contribution is -2.52. The van der Waals surface area contributed by atoms with Gasteiger partial charge in [0.1, 0.15) is 0 Å². The van der Waals surface area contributed by atoms with Gasteiger partial charge in [0.25, 0.3) is 0 Å². The number of nitrogens with zero attached hydrogens (tertiary/aromatic N) is 1. The zero-order valence-corrected chi connectivity index (χ0v) is 9.85. The molecule has 0 aromatic heterocycles. The van der Waals surface area contributed by atoms with Crippen molar-refractivity contribution in [2.45, 2.75) is 19.9 Å². The molecular weight excluding hydrogens is 192 g/mol. The second-order valence-electron chi connectivity index (χ2n) is 4.56. The lowest BCUT2D eigenvalue weighted by molar-refractivity contribution is -0.0173. The van der Waals surface area contributed by atoms with Crippen molar-refractivity contribution in [2.24, 2.45) is 17.6 Å². The van der Waals surface area contributed by atoms with Crippen LogP contribution in [0.25, 0.3) is 0 Å². The first-order valence-corrected chi connectivity index (χ1v) is 5.83. The van der Waals surface area contributed by atoms with Crippen molar-refractivity contribution in [3.05, 3.63) is 0 Å². The van der Waals surface area contributed by atoms with E-state index in [2.05, 4.69) is 18.7 Å². The van der Waals surface area contributed by atoms with Gasteiger partial charge in [-0.05, 0) is 12.5 Å². The Bertz CT molecular complexity index is 166. The van der Waals surface area contributed by atoms with Crippen molar-refractivity contribution < 1.29 is 9.84 Å². The maximum Gasteiger partial charge on any atom is 0.0594 e. The van der Waals surface area contributed by atoms with E-state index in [1.54, 1.807) is 0 Å². The molecule has 0 radical (unpaired) electrons. The highest BCUT2D eigenvalue weighted by Crippen LogP contribution is 2.20. The van der Waals surface area contributed by atoms with Crippen molar-refractivity contribution in [3.63, 3.8) is 0 Å². The Morgan fingerprint density at radius 1 is 1.33 bits per heavy atom. The van der Waals surface area contributed by atoms with Crippen molar-refractivity contribution in [2.75, 3.05) is 39.5 Å². The molecule has 0 spiro atoms. The van der Waals surface area contributed by atoms with Gasteiger partial charge < -0.3 is 15.6 Å². The molecule has 4 heteroatoms. The van der Waals surface area contributed by atoms with Crippen molar-refractivity contribution in [1.82, 2.24) is 4.90 Å². The molecule has 0 aliphatic carbocycles. The van der Waals surface area contributed by atoms with E-state index in [0.717, 1.165) is 26.3 Å². The first kappa shape index (κ1) is 12.9. The lowest BCUT2D eigenvalue weighted by atomic mass is 9.89. The average Bonchev–Trinajstić information content (AvgIpc) is 2.26. The first-order valence-electron chi connectivity index (χ1n) is 5.83. The summed E-state index contributed by atoms with van der Waals surface area (Å²) >= 11 is 0. The minimum absolute atomic E-state index is 0.177. The number of hydrogen-bond donors (Lipinski definition) is 2. The zero-order valence-electron chi connectivity index (χ0n) is 9.85. The smallest absolute Gasteiger partial charge is 0.0594 e. The fraction of sp³-hybridized carbons (Fsp3) is 1.00. The van der Waals surface area contributed by atoms with E-state index in [4.69, 9.17) is 10.5 Å². The Morgan fingerprint density at radius 3 is 2.33 bits per heavy atom. The number of ether oxygens (including phenoxy) is 1. The Morgan fingerprint density at radius 2 is 1.93 bits per heavy atom. The van der Waals surface area contributed by atoms with Gasteiger partial charge in [-0.15, -0.1) is 0 Å². The Kier molecular flexibility index (Phi) is 5.53. The number of hydrogen-bond acceptors (Lipinski definition) is 4. The van der Waals surface area contributed by atoms with Crippen LogP contribution in [0.1, 0.15) is 13.8 Å². The first-order chi connectivity index (χ1) is 7.20. The molecule has 1 rings (SSSR count). The SMILES string of the molecule is CC(C)C(C(CN)CO)N1CCOCC1. The number of nitrogens with two attached hydrogens (primary N) is 1. The van der Waals surface area contributed by atoms with E-state index >= 15 is 0 Å². The van der Waals surface area contributed by atoms with Gasteiger partial charge in [0, 0.05) is 31.7 Å². The molecule has 0 bridgehead atoms. The molecule has 3 N–H and O–H groups in total. The summed E-state index contributed by atoms with van der Waals surface area (Å²) in [5.41, 5.74) is 5.71. The highest BCUT2D eigenvalue weighted by atomic mass is 16.5. The van der Waals surface area contributed by atoms with Crippen LogP contribution in [0.15, 0.2) is 0 Å². The van der Waals surface area contributed by atoms with Crippen molar-refractivity contribution in [1.29, 1.82) is 0 Å². The highest BCUT2D eigenvalue weighted by molar-refractivity contribution is 4.83. The topological polar surface area (TPSA) is 58.7 Å². The molecular formula is C11H24N2O2. The molecule has 0 amide bonds. The zero-order chi connectivity index (χ0) is 11.3. The van der Waals surface area contributed by atoms with E-state index in [9.17, 15) is 5.11 Å². The Labute approximate surface area is 92.4 Å². The summed E-state index contributed by atoms with van der Waals surface area (Å²) in [5.74, 6) is 0.701. The summed E-state index contributed by atoms with van der Waals surface area (Å²) in [4.78, 5) is 2.40. The maximum absolute atomic E-state index is 9.34. The van der Waals surface area contributed by atoms with Gasteiger partial charge in [0.15, 0.2) is 0 Å². The van der Waals surface area contributed by atoms with Crippen LogP contribution in [0, 0.1) is 11.8 Å². The fourth-order valence-electron chi connectivity index (χ4n) is 2.46. The van der Waals surface area contributed by atoms with E-state index in [-0.39, 0.29) is 12.5 Å². The molecule has 1 heterocycles. The summed E-state index contributed by atoms with van der Waals surface area (Å²) in [6.07, 6.45) is 0. The van der Waals surface area contributed by atoms with Crippen LogP contribution in [-0.2, 0) is 4.74 Å². The molecule has 1 aliphatic heterocycles. The van der Waals surface area contributed by atoms with E-state index in [1.165, 1.54) is 0 Å². The average molecular weight is 216 g/mol. The molecule has 15 heavy (non-hydrogen) atoms. The van der Waals surface area contributed by atoms with Crippen molar-refractivity contribution >= 4 is 0 Å². The van der Waals surface area contributed by atoms with Gasteiger partial charge in [-0.2, -0.15) is 0 Å². The standard InChI is InChI=1S/C11H24N2O2/c1-9(2)11(10(7-12)8-14)13-3-5-15-6-4-13/h9-11,14H,3-8,12H2,1-2H3. The van der Waals surface area contributed by atoms with Gasteiger partial charge in [0.05, 0.1) is 13.2 Å². The normalized spacial score (nSPS) is 23.0. The maximum atomic E-state index is 9.34. The van der Waals surface area contributed by atoms with Gasteiger partial charge in [-0.3, -0.25) is 4.90 Å². The largest absolute Gasteiger partial charge is 0.396 e. The molecule has 4 nitrogen and oxygen atoms in total. The number of aliphatic hydroxyl groups excluding tert-OH is 1. The molecule has 90 valence electrons. The van der Waals surface area contributed by atoms with E-state index in [0.29, 0.717) is 18.5 Å². The predicted molar refractivity (Wildman–Crippen MR) is 60.6 cm³/mol. The predicted octanol–water partition coefficient (Wildman–Crippen LogP) is -0.0896. The van der Waals surface area contributed by atoms with Crippen LogP contribution in [0.2, 0.25) is 0 Å². The van der Waals surface area contributed by atoms with Crippen LogP contribution >= 0.6 is 0 Å². The van der Waals surface area contributed by atoms with Crippen LogP contribution in [0.3, 0.4) is 0 Å². The summed E-state index contributed by atoms with van der Waals surface area (Å²) in [6, 6.07) is 0.379. The molecule has 0 aromatic carbocycles. The van der Waals surface area contributed by atoms with Gasteiger partial charge in [-0.25, -0.2) is 0 Å². The highest BCUT2D eigenvalue weighted by Gasteiger charge is 2.29. The quantitative estimate of drug-likeness (QED) is 0.674. The summed E-state index contributed by atoms with van der Waals surface area (Å²) in [7, 11) is 0. The molecule has 2 atom stereocenters. The monoisotopic (exact) mass is 216 g/mol. The minimum Gasteiger partial charge on any atom is -0.396 e. The van der Waals surface area contributed by atoms with E-state index < -0.39 is 0 Å². The van der Waals surface area contributed by atoms with Gasteiger partial charge in [0.2, 0.25) is 0 Å². The van der Waals surface area contributed by atoms with E-state index in [1.807, 2.05) is 0 Å². The van der Waals surface area contributed by atoms with Crippen LogP contribution in [-0.4, -0.2) is 55.5 Å². The number of aliphatic hydroxyl groups is 1. The third-order valence-electron chi connectivity index (χ3n) is 3.17. The molecule has 1 saturated heterocycles. The van der Waals surface area contributed by atoms with Crippen LogP contribution in [0.5, 0.6) is 0 Å². The number of morpholine rings is 1. The lowest BCUT2D eigenvalue weighted by Gasteiger charge is -2.40. The fourth-order valence-corrected chi connectivity index (χ4v) is 2.46. The van der Waals surface area contributed by atoms with Crippen molar-refractivity contribution in [3.8, 4) is 0 Å².